The van der Waals surface area contributed by atoms with Crippen molar-refractivity contribution in [2.24, 2.45) is 0 Å². The molecule has 3 rings (SSSR count). The van der Waals surface area contributed by atoms with Gasteiger partial charge in [-0.05, 0) is 42.0 Å². The fourth-order valence-electron chi connectivity index (χ4n) is 2.51. The fraction of sp³-hybridized carbons (Fsp3) is 0.0500. The molecule has 0 aliphatic rings. The van der Waals surface area contributed by atoms with Gasteiger partial charge in [-0.15, -0.1) is 0 Å². The normalized spacial score (nSPS) is 11.1. The number of para-hydroxylation sites is 1. The second-order valence-corrected chi connectivity index (χ2v) is 8.41. The van der Waals surface area contributed by atoms with Crippen LogP contribution in [0.4, 0.5) is 5.69 Å². The first-order chi connectivity index (χ1) is 13.4. The highest BCUT2D eigenvalue weighted by Gasteiger charge is 2.18. The van der Waals surface area contributed by atoms with E-state index >= 15 is 0 Å². The lowest BCUT2D eigenvalue weighted by atomic mass is 10.1. The molecule has 28 heavy (non-hydrogen) atoms. The molecule has 0 aliphatic heterocycles. The zero-order valence-electron chi connectivity index (χ0n) is 14.5. The minimum Gasteiger partial charge on any atom is -0.348 e. The lowest BCUT2D eigenvalue weighted by Gasteiger charge is -2.13. The van der Waals surface area contributed by atoms with Crippen LogP contribution in [0.2, 0.25) is 10.0 Å². The van der Waals surface area contributed by atoms with Crippen molar-refractivity contribution < 1.29 is 13.2 Å². The highest BCUT2D eigenvalue weighted by atomic mass is 35.5. The standard InChI is InChI=1S/C20H16Cl2N2O3S/c21-15-11-10-14(18(22)12-15)13-23-20(25)17-8-4-5-9-19(17)24-28(26,27)16-6-2-1-3-7-16/h1-12,24H,13H2,(H,23,25). The first kappa shape index (κ1) is 20.2. The molecule has 1 amide bonds. The van der Waals surface area contributed by atoms with Gasteiger partial charge in [0.1, 0.15) is 0 Å². The van der Waals surface area contributed by atoms with Crippen LogP contribution < -0.4 is 10.0 Å². The first-order valence-electron chi connectivity index (χ1n) is 8.26. The van der Waals surface area contributed by atoms with Crippen LogP contribution in [0.1, 0.15) is 15.9 Å². The Balaban J connectivity index is 1.79. The summed E-state index contributed by atoms with van der Waals surface area (Å²) in [7, 11) is -3.81. The molecule has 0 saturated carbocycles. The van der Waals surface area contributed by atoms with E-state index in [-0.39, 0.29) is 22.7 Å². The number of anilines is 1. The zero-order valence-corrected chi connectivity index (χ0v) is 16.9. The van der Waals surface area contributed by atoms with Gasteiger partial charge in [0, 0.05) is 16.6 Å². The van der Waals surface area contributed by atoms with Gasteiger partial charge in [0.25, 0.3) is 15.9 Å². The van der Waals surface area contributed by atoms with Crippen LogP contribution >= 0.6 is 23.2 Å². The number of benzene rings is 3. The number of sulfonamides is 1. The molecule has 2 N–H and O–H groups in total. The van der Waals surface area contributed by atoms with Crippen molar-refractivity contribution in [1.29, 1.82) is 0 Å². The smallest absolute Gasteiger partial charge is 0.261 e. The molecule has 0 aromatic heterocycles. The van der Waals surface area contributed by atoms with Gasteiger partial charge in [0.2, 0.25) is 0 Å². The van der Waals surface area contributed by atoms with Gasteiger partial charge in [0.05, 0.1) is 16.1 Å². The third kappa shape index (κ3) is 4.84. The molecule has 0 heterocycles. The van der Waals surface area contributed by atoms with E-state index in [4.69, 9.17) is 23.2 Å². The quantitative estimate of drug-likeness (QED) is 0.588. The van der Waals surface area contributed by atoms with E-state index < -0.39 is 15.9 Å². The molecule has 0 atom stereocenters. The van der Waals surface area contributed by atoms with Gasteiger partial charge < -0.3 is 5.32 Å². The molecule has 5 nitrogen and oxygen atoms in total. The number of carbonyl (C=O) groups excluding carboxylic acids is 1. The summed E-state index contributed by atoms with van der Waals surface area (Å²) in [5.74, 6) is -0.433. The molecule has 0 spiro atoms. The van der Waals surface area contributed by atoms with E-state index in [0.29, 0.717) is 15.6 Å². The third-order valence-electron chi connectivity index (χ3n) is 3.92. The van der Waals surface area contributed by atoms with Crippen molar-refractivity contribution in [2.75, 3.05) is 4.72 Å². The fourth-order valence-corrected chi connectivity index (χ4v) is 4.09. The van der Waals surface area contributed by atoms with Crippen LogP contribution in [-0.4, -0.2) is 14.3 Å². The van der Waals surface area contributed by atoms with E-state index in [1.54, 1.807) is 54.6 Å². The Morgan fingerprint density at radius 3 is 2.29 bits per heavy atom. The second-order valence-electron chi connectivity index (χ2n) is 5.88. The van der Waals surface area contributed by atoms with Crippen molar-refractivity contribution in [3.05, 3.63) is 94.0 Å². The molecular formula is C20H16Cl2N2O3S. The monoisotopic (exact) mass is 434 g/mol. The van der Waals surface area contributed by atoms with Crippen LogP contribution in [-0.2, 0) is 16.6 Å². The average Bonchev–Trinajstić information content (AvgIpc) is 2.68. The van der Waals surface area contributed by atoms with Gasteiger partial charge in [0.15, 0.2) is 0 Å². The third-order valence-corrected chi connectivity index (χ3v) is 5.89. The molecule has 8 heteroatoms. The Kier molecular flexibility index (Phi) is 6.24. The van der Waals surface area contributed by atoms with Crippen molar-refractivity contribution in [3.8, 4) is 0 Å². The van der Waals surface area contributed by atoms with E-state index in [2.05, 4.69) is 10.0 Å². The Labute approximate surface area is 173 Å². The molecule has 0 radical (unpaired) electrons. The largest absolute Gasteiger partial charge is 0.348 e. The maximum atomic E-state index is 12.6. The summed E-state index contributed by atoms with van der Waals surface area (Å²) >= 11 is 12.0. The summed E-state index contributed by atoms with van der Waals surface area (Å²) in [4.78, 5) is 12.7. The van der Waals surface area contributed by atoms with Gasteiger partial charge in [-0.2, -0.15) is 0 Å². The number of hydrogen-bond donors (Lipinski definition) is 2. The maximum absolute atomic E-state index is 12.6. The van der Waals surface area contributed by atoms with Crippen LogP contribution in [0.15, 0.2) is 77.7 Å². The number of carbonyl (C=O) groups is 1. The summed E-state index contributed by atoms with van der Waals surface area (Å²) in [5.41, 5.74) is 1.08. The summed E-state index contributed by atoms with van der Waals surface area (Å²) in [6, 6.07) is 19.3. The van der Waals surface area contributed by atoms with Crippen LogP contribution in [0.5, 0.6) is 0 Å². The van der Waals surface area contributed by atoms with E-state index in [9.17, 15) is 13.2 Å². The minimum atomic E-state index is -3.81. The SMILES string of the molecule is O=C(NCc1ccc(Cl)cc1Cl)c1ccccc1NS(=O)(=O)c1ccccc1. The Morgan fingerprint density at radius 2 is 1.57 bits per heavy atom. The highest BCUT2D eigenvalue weighted by molar-refractivity contribution is 7.92. The molecule has 3 aromatic rings. The van der Waals surface area contributed by atoms with E-state index in [0.717, 1.165) is 0 Å². The summed E-state index contributed by atoms with van der Waals surface area (Å²) in [5, 5.41) is 3.68. The first-order valence-corrected chi connectivity index (χ1v) is 10.5. The molecular weight excluding hydrogens is 419 g/mol. The molecule has 144 valence electrons. The minimum absolute atomic E-state index is 0.109. The topological polar surface area (TPSA) is 75.3 Å². The Bertz CT molecular complexity index is 1100. The lowest BCUT2D eigenvalue weighted by Crippen LogP contribution is -2.25. The molecule has 0 unspecified atom stereocenters. The average molecular weight is 435 g/mol. The van der Waals surface area contributed by atoms with Crippen molar-refractivity contribution in [3.63, 3.8) is 0 Å². The number of rotatable bonds is 6. The lowest BCUT2D eigenvalue weighted by molar-refractivity contribution is 0.0952. The summed E-state index contributed by atoms with van der Waals surface area (Å²) in [6.45, 7) is 0.175. The molecule has 0 aliphatic carbocycles. The Morgan fingerprint density at radius 1 is 0.893 bits per heavy atom. The number of nitrogens with one attached hydrogen (secondary N) is 2. The molecule has 0 saturated heterocycles. The van der Waals surface area contributed by atoms with Gasteiger partial charge in [-0.1, -0.05) is 59.6 Å². The molecule has 0 bridgehead atoms. The van der Waals surface area contributed by atoms with E-state index in [1.165, 1.54) is 18.2 Å². The number of hydrogen-bond acceptors (Lipinski definition) is 3. The van der Waals surface area contributed by atoms with Gasteiger partial charge >= 0.3 is 0 Å². The van der Waals surface area contributed by atoms with Crippen LogP contribution in [0, 0.1) is 0 Å². The summed E-state index contributed by atoms with van der Waals surface area (Å²) in [6.07, 6.45) is 0. The van der Waals surface area contributed by atoms with Gasteiger partial charge in [-0.25, -0.2) is 8.42 Å². The predicted octanol–water partition coefficient (Wildman–Crippen LogP) is 4.72. The van der Waals surface area contributed by atoms with E-state index in [1.807, 2.05) is 0 Å². The maximum Gasteiger partial charge on any atom is 0.261 e. The van der Waals surface area contributed by atoms with Crippen molar-refractivity contribution >= 4 is 44.8 Å². The Hall–Kier alpha value is -2.54. The van der Waals surface area contributed by atoms with Gasteiger partial charge in [-0.3, -0.25) is 9.52 Å². The predicted molar refractivity (Wildman–Crippen MR) is 111 cm³/mol. The summed E-state index contributed by atoms with van der Waals surface area (Å²) < 4.78 is 27.6. The zero-order chi connectivity index (χ0) is 20.1. The van der Waals surface area contributed by atoms with Crippen molar-refractivity contribution in [2.45, 2.75) is 11.4 Å². The highest BCUT2D eigenvalue weighted by Crippen LogP contribution is 2.22. The van der Waals surface area contributed by atoms with Crippen molar-refractivity contribution in [1.82, 2.24) is 5.32 Å². The molecule has 3 aromatic carbocycles. The number of halogens is 2. The second kappa shape index (κ2) is 8.65. The van der Waals surface area contributed by atoms with Crippen LogP contribution in [0.25, 0.3) is 0 Å². The number of amides is 1. The molecule has 0 fully saturated rings. The van der Waals surface area contributed by atoms with Crippen LogP contribution in [0.3, 0.4) is 0 Å².